The molecule has 0 spiro atoms. The molecule has 1 atom stereocenters. The Morgan fingerprint density at radius 1 is 1.07 bits per heavy atom. The highest BCUT2D eigenvalue weighted by Gasteiger charge is 2.34. The average molecular weight is 374 g/mol. The molecule has 5 nitrogen and oxygen atoms in total. The molecule has 5 rings (SSSR count). The Bertz CT molecular complexity index is 956. The average Bonchev–Trinajstić information content (AvgIpc) is 3.33. The van der Waals surface area contributed by atoms with E-state index in [-0.39, 0.29) is 5.91 Å². The number of likely N-dealkylation sites (N-methyl/N-ethyl adjacent to an activating group) is 1. The van der Waals surface area contributed by atoms with Crippen molar-refractivity contribution in [3.8, 4) is 5.69 Å². The minimum atomic E-state index is 0.109. The Morgan fingerprint density at radius 3 is 2.57 bits per heavy atom. The van der Waals surface area contributed by atoms with Gasteiger partial charge in [0.15, 0.2) is 0 Å². The molecule has 1 aliphatic carbocycles. The first kappa shape index (κ1) is 17.4. The van der Waals surface area contributed by atoms with E-state index in [1.807, 2.05) is 65.3 Å². The number of carbonyl (C=O) groups excluding carboxylic acids is 1. The number of amides is 1. The van der Waals surface area contributed by atoms with Crippen molar-refractivity contribution in [2.45, 2.75) is 37.8 Å². The third-order valence-corrected chi connectivity index (χ3v) is 6.45. The van der Waals surface area contributed by atoms with E-state index in [4.69, 9.17) is 0 Å². The van der Waals surface area contributed by atoms with Crippen LogP contribution in [-0.2, 0) is 0 Å². The second kappa shape index (κ2) is 7.06. The van der Waals surface area contributed by atoms with Crippen molar-refractivity contribution >= 4 is 16.8 Å². The van der Waals surface area contributed by atoms with Gasteiger partial charge < -0.3 is 4.90 Å². The predicted molar refractivity (Wildman–Crippen MR) is 111 cm³/mol. The normalized spacial score (nSPS) is 20.4. The summed E-state index contributed by atoms with van der Waals surface area (Å²) in [7, 11) is 1.95. The maximum Gasteiger partial charge on any atom is 0.253 e. The van der Waals surface area contributed by atoms with Gasteiger partial charge in [0.2, 0.25) is 0 Å². The molecule has 0 bridgehead atoms. The molecule has 0 radical (unpaired) electrons. The van der Waals surface area contributed by atoms with Gasteiger partial charge in [-0.05, 0) is 49.6 Å². The standard InChI is InChI=1S/C23H26N4O/c1-25(21-13-14-26(16-21)19-6-4-7-19)23(28)17-9-11-20(12-10-17)27-15-18-5-2-3-8-22(18)24-27/h2-3,5,8-12,15,19,21H,4,6-7,13-14,16H2,1H3/t21-/m1/s1. The van der Waals surface area contributed by atoms with Crippen LogP contribution >= 0.6 is 0 Å². The highest BCUT2D eigenvalue weighted by molar-refractivity contribution is 5.94. The second-order valence-electron chi connectivity index (χ2n) is 8.12. The molecule has 2 aliphatic rings. The molecule has 0 N–H and O–H groups in total. The fraction of sp³-hybridized carbons (Fsp3) is 0.391. The fourth-order valence-corrected chi connectivity index (χ4v) is 4.39. The van der Waals surface area contributed by atoms with Crippen molar-refractivity contribution in [1.82, 2.24) is 19.6 Å². The third kappa shape index (κ3) is 3.10. The number of hydrogen-bond acceptors (Lipinski definition) is 3. The van der Waals surface area contributed by atoms with E-state index in [0.717, 1.165) is 47.7 Å². The summed E-state index contributed by atoms with van der Waals surface area (Å²) in [5, 5.41) is 5.72. The van der Waals surface area contributed by atoms with Crippen LogP contribution in [0.25, 0.3) is 16.6 Å². The predicted octanol–water partition coefficient (Wildman–Crippen LogP) is 3.72. The van der Waals surface area contributed by atoms with Crippen LogP contribution in [0.2, 0.25) is 0 Å². The van der Waals surface area contributed by atoms with Crippen LogP contribution in [0.4, 0.5) is 0 Å². The molecule has 1 aromatic heterocycles. The van der Waals surface area contributed by atoms with Crippen LogP contribution in [-0.4, -0.2) is 57.7 Å². The van der Waals surface area contributed by atoms with Crippen LogP contribution in [0.1, 0.15) is 36.0 Å². The Kier molecular flexibility index (Phi) is 4.40. The molecule has 5 heteroatoms. The van der Waals surface area contributed by atoms with Crippen LogP contribution < -0.4 is 0 Å². The highest BCUT2D eigenvalue weighted by Crippen LogP contribution is 2.29. The van der Waals surface area contributed by atoms with E-state index in [1.54, 1.807) is 0 Å². The lowest BCUT2D eigenvalue weighted by Gasteiger charge is -2.35. The lowest BCUT2D eigenvalue weighted by molar-refractivity contribution is 0.0720. The summed E-state index contributed by atoms with van der Waals surface area (Å²) in [4.78, 5) is 17.5. The molecule has 1 saturated carbocycles. The SMILES string of the molecule is CN(C(=O)c1ccc(-n2cc3ccccc3n2)cc1)[C@@H]1CCN(C2CCC2)C1. The van der Waals surface area contributed by atoms with Crippen molar-refractivity contribution in [3.05, 3.63) is 60.3 Å². The largest absolute Gasteiger partial charge is 0.337 e. The smallest absolute Gasteiger partial charge is 0.253 e. The molecule has 2 fully saturated rings. The zero-order valence-electron chi connectivity index (χ0n) is 16.3. The molecule has 3 aromatic rings. The maximum atomic E-state index is 13.0. The number of rotatable bonds is 4. The summed E-state index contributed by atoms with van der Waals surface area (Å²) < 4.78 is 1.87. The van der Waals surface area contributed by atoms with E-state index < -0.39 is 0 Å². The van der Waals surface area contributed by atoms with Crippen molar-refractivity contribution in [2.24, 2.45) is 0 Å². The van der Waals surface area contributed by atoms with Crippen molar-refractivity contribution in [2.75, 3.05) is 20.1 Å². The third-order valence-electron chi connectivity index (χ3n) is 6.45. The van der Waals surface area contributed by atoms with Gasteiger partial charge in [-0.2, -0.15) is 5.10 Å². The topological polar surface area (TPSA) is 41.4 Å². The van der Waals surface area contributed by atoms with Crippen LogP contribution in [0, 0.1) is 0 Å². The molecule has 1 amide bonds. The van der Waals surface area contributed by atoms with Gasteiger partial charge in [0.1, 0.15) is 0 Å². The number of fused-ring (bicyclic) bond motifs is 1. The van der Waals surface area contributed by atoms with Crippen LogP contribution in [0.5, 0.6) is 0 Å². The Labute approximate surface area is 165 Å². The molecule has 0 unspecified atom stereocenters. The second-order valence-corrected chi connectivity index (χ2v) is 8.12. The highest BCUT2D eigenvalue weighted by atomic mass is 16.2. The Balaban J connectivity index is 1.29. The van der Waals surface area contributed by atoms with Crippen LogP contribution in [0.3, 0.4) is 0 Å². The number of carbonyl (C=O) groups is 1. The Morgan fingerprint density at radius 2 is 1.86 bits per heavy atom. The maximum absolute atomic E-state index is 13.0. The summed E-state index contributed by atoms with van der Waals surface area (Å²) in [5.74, 6) is 0.109. The fourth-order valence-electron chi connectivity index (χ4n) is 4.39. The van der Waals surface area contributed by atoms with Gasteiger partial charge in [-0.15, -0.1) is 0 Å². The summed E-state index contributed by atoms with van der Waals surface area (Å²) in [6.45, 7) is 2.14. The quantitative estimate of drug-likeness (QED) is 0.699. The number of hydrogen-bond donors (Lipinski definition) is 0. The van der Waals surface area contributed by atoms with Crippen LogP contribution in [0.15, 0.2) is 54.7 Å². The van der Waals surface area contributed by atoms with Crippen molar-refractivity contribution < 1.29 is 4.79 Å². The minimum absolute atomic E-state index is 0.109. The van der Waals surface area contributed by atoms with Gasteiger partial charge >= 0.3 is 0 Å². The number of nitrogens with zero attached hydrogens (tertiary/aromatic N) is 4. The minimum Gasteiger partial charge on any atom is -0.337 e. The van der Waals surface area contributed by atoms with Gasteiger partial charge in [0.25, 0.3) is 5.91 Å². The Hall–Kier alpha value is -2.66. The summed E-state index contributed by atoms with van der Waals surface area (Å²) in [5.41, 5.74) is 2.68. The molecule has 28 heavy (non-hydrogen) atoms. The monoisotopic (exact) mass is 374 g/mol. The molecule has 2 aromatic carbocycles. The molecule has 1 aliphatic heterocycles. The van der Waals surface area contributed by atoms with Gasteiger partial charge in [0, 0.05) is 49.4 Å². The number of likely N-dealkylation sites (tertiary alicyclic amines) is 1. The molecular formula is C23H26N4O. The van der Waals surface area contributed by atoms with Gasteiger partial charge in [-0.25, -0.2) is 4.68 Å². The van der Waals surface area contributed by atoms with E-state index >= 15 is 0 Å². The van der Waals surface area contributed by atoms with E-state index in [9.17, 15) is 4.79 Å². The van der Waals surface area contributed by atoms with E-state index in [0.29, 0.717) is 6.04 Å². The van der Waals surface area contributed by atoms with Crippen molar-refractivity contribution in [3.63, 3.8) is 0 Å². The molecular weight excluding hydrogens is 348 g/mol. The first-order valence-corrected chi connectivity index (χ1v) is 10.2. The molecule has 1 saturated heterocycles. The number of benzene rings is 2. The lowest BCUT2D eigenvalue weighted by Crippen LogP contribution is -2.43. The first-order valence-electron chi connectivity index (χ1n) is 10.2. The van der Waals surface area contributed by atoms with Crippen molar-refractivity contribution in [1.29, 1.82) is 0 Å². The molecule has 2 heterocycles. The zero-order chi connectivity index (χ0) is 19.1. The summed E-state index contributed by atoms with van der Waals surface area (Å²) in [6, 6.07) is 16.9. The summed E-state index contributed by atoms with van der Waals surface area (Å²) in [6.07, 6.45) is 7.11. The van der Waals surface area contributed by atoms with Gasteiger partial charge in [-0.3, -0.25) is 9.69 Å². The van der Waals surface area contributed by atoms with E-state index in [1.165, 1.54) is 19.3 Å². The molecule has 144 valence electrons. The lowest BCUT2D eigenvalue weighted by atomic mass is 9.92. The first-order chi connectivity index (χ1) is 13.7. The van der Waals surface area contributed by atoms with Gasteiger partial charge in [-0.1, -0.05) is 24.6 Å². The zero-order valence-corrected chi connectivity index (χ0v) is 16.3. The van der Waals surface area contributed by atoms with E-state index in [2.05, 4.69) is 16.1 Å². The summed E-state index contributed by atoms with van der Waals surface area (Å²) >= 11 is 0. The van der Waals surface area contributed by atoms with Gasteiger partial charge in [0.05, 0.1) is 11.2 Å². The number of aromatic nitrogens is 2.